The lowest BCUT2D eigenvalue weighted by molar-refractivity contribution is 0.0650. The predicted octanol–water partition coefficient (Wildman–Crippen LogP) is 3.12. The van der Waals surface area contributed by atoms with Gasteiger partial charge in [-0.05, 0) is 62.1 Å². The standard InChI is InChI=1S/C22H25N3O3/c26-18-7-5-16(6-8-18)20(27)17-9-14-25(15-10-17)22(28)19-4-3-11-23-21(19)24-12-1-2-13-24/h3-8,11,17,26H,1-2,9-10,12-15H2. The highest BCUT2D eigenvalue weighted by atomic mass is 16.3. The number of hydrogen-bond donors (Lipinski definition) is 1. The number of aromatic hydroxyl groups is 1. The minimum Gasteiger partial charge on any atom is -0.508 e. The number of Topliss-reactive ketones (excluding diaryl/α,β-unsaturated/α-hetero) is 1. The van der Waals surface area contributed by atoms with Gasteiger partial charge in [-0.2, -0.15) is 0 Å². The van der Waals surface area contributed by atoms with Crippen LogP contribution in [0.4, 0.5) is 5.82 Å². The number of piperidine rings is 1. The molecule has 0 unspecified atom stereocenters. The van der Waals surface area contributed by atoms with Gasteiger partial charge in [0.25, 0.3) is 5.91 Å². The van der Waals surface area contributed by atoms with Crippen LogP contribution in [0.15, 0.2) is 42.6 Å². The molecule has 0 spiro atoms. The molecule has 1 amide bonds. The third-order valence-corrected chi connectivity index (χ3v) is 5.73. The topological polar surface area (TPSA) is 73.7 Å². The van der Waals surface area contributed by atoms with Gasteiger partial charge in [0.2, 0.25) is 0 Å². The number of pyridine rings is 1. The molecule has 0 aliphatic carbocycles. The second kappa shape index (κ2) is 8.00. The highest BCUT2D eigenvalue weighted by Gasteiger charge is 2.30. The summed E-state index contributed by atoms with van der Waals surface area (Å²) in [6.45, 7) is 3.03. The first-order valence-corrected chi connectivity index (χ1v) is 9.96. The van der Waals surface area contributed by atoms with Crippen molar-refractivity contribution in [1.29, 1.82) is 0 Å². The number of benzene rings is 1. The van der Waals surface area contributed by atoms with E-state index in [4.69, 9.17) is 0 Å². The van der Waals surface area contributed by atoms with Crippen molar-refractivity contribution in [3.63, 3.8) is 0 Å². The second-order valence-electron chi connectivity index (χ2n) is 7.55. The number of phenols is 1. The number of nitrogens with zero attached hydrogens (tertiary/aromatic N) is 3. The summed E-state index contributed by atoms with van der Waals surface area (Å²) in [6.07, 6.45) is 5.33. The minimum atomic E-state index is -0.0828. The van der Waals surface area contributed by atoms with Crippen molar-refractivity contribution >= 4 is 17.5 Å². The second-order valence-corrected chi connectivity index (χ2v) is 7.55. The van der Waals surface area contributed by atoms with E-state index in [9.17, 15) is 14.7 Å². The summed E-state index contributed by atoms with van der Waals surface area (Å²) in [5, 5.41) is 9.39. The zero-order valence-corrected chi connectivity index (χ0v) is 15.9. The van der Waals surface area contributed by atoms with Crippen molar-refractivity contribution in [2.75, 3.05) is 31.1 Å². The SMILES string of the molecule is O=C(c1ccc(O)cc1)C1CCN(C(=O)c2cccnc2N2CCCC2)CC1. The summed E-state index contributed by atoms with van der Waals surface area (Å²) in [4.78, 5) is 34.3. The lowest BCUT2D eigenvalue weighted by Gasteiger charge is -2.32. The lowest BCUT2D eigenvalue weighted by atomic mass is 9.88. The molecule has 146 valence electrons. The number of aromatic nitrogens is 1. The number of hydrogen-bond acceptors (Lipinski definition) is 5. The van der Waals surface area contributed by atoms with Crippen LogP contribution < -0.4 is 4.90 Å². The average Bonchev–Trinajstić information content (AvgIpc) is 3.28. The van der Waals surface area contributed by atoms with Gasteiger partial charge in [-0.15, -0.1) is 0 Å². The van der Waals surface area contributed by atoms with Crippen LogP contribution in [0.3, 0.4) is 0 Å². The fraction of sp³-hybridized carbons (Fsp3) is 0.409. The van der Waals surface area contributed by atoms with Crippen LogP contribution >= 0.6 is 0 Å². The lowest BCUT2D eigenvalue weighted by Crippen LogP contribution is -2.41. The third kappa shape index (κ3) is 3.72. The van der Waals surface area contributed by atoms with Gasteiger partial charge >= 0.3 is 0 Å². The van der Waals surface area contributed by atoms with Gasteiger partial charge < -0.3 is 14.9 Å². The van der Waals surface area contributed by atoms with E-state index in [1.165, 1.54) is 12.1 Å². The van der Waals surface area contributed by atoms with Crippen LogP contribution in [0.2, 0.25) is 0 Å². The van der Waals surface area contributed by atoms with Crippen LogP contribution in [-0.2, 0) is 0 Å². The van der Waals surface area contributed by atoms with Crippen LogP contribution in [0.5, 0.6) is 5.75 Å². The third-order valence-electron chi connectivity index (χ3n) is 5.73. The van der Waals surface area contributed by atoms with Gasteiger partial charge in [0.1, 0.15) is 11.6 Å². The number of phenolic OH excluding ortho intramolecular Hbond substituents is 1. The molecule has 4 rings (SSSR count). The Balaban J connectivity index is 1.42. The molecule has 28 heavy (non-hydrogen) atoms. The van der Waals surface area contributed by atoms with E-state index in [-0.39, 0.29) is 23.4 Å². The van der Waals surface area contributed by atoms with E-state index in [2.05, 4.69) is 9.88 Å². The molecule has 0 atom stereocenters. The maximum absolute atomic E-state index is 13.1. The summed E-state index contributed by atoms with van der Waals surface area (Å²) in [5.74, 6) is 0.951. The number of amides is 1. The van der Waals surface area contributed by atoms with Gasteiger partial charge in [0, 0.05) is 43.9 Å². The van der Waals surface area contributed by atoms with Gasteiger partial charge in [-0.1, -0.05) is 0 Å². The molecule has 2 fully saturated rings. The quantitative estimate of drug-likeness (QED) is 0.827. The monoisotopic (exact) mass is 379 g/mol. The summed E-state index contributed by atoms with van der Waals surface area (Å²) >= 11 is 0. The van der Waals surface area contributed by atoms with Gasteiger partial charge in [0.05, 0.1) is 5.56 Å². The molecule has 0 bridgehead atoms. The van der Waals surface area contributed by atoms with E-state index >= 15 is 0 Å². The summed E-state index contributed by atoms with van der Waals surface area (Å²) in [5.41, 5.74) is 1.28. The highest BCUT2D eigenvalue weighted by Crippen LogP contribution is 2.27. The molecule has 2 aliphatic heterocycles. The van der Waals surface area contributed by atoms with Crippen LogP contribution in [-0.4, -0.2) is 52.9 Å². The first-order valence-electron chi connectivity index (χ1n) is 9.96. The molecule has 6 heteroatoms. The molecule has 1 N–H and O–H groups in total. The molecule has 2 saturated heterocycles. The Bertz CT molecular complexity index is 852. The molecule has 1 aromatic carbocycles. The zero-order chi connectivity index (χ0) is 19.5. The van der Waals surface area contributed by atoms with Crippen molar-refractivity contribution < 1.29 is 14.7 Å². The number of likely N-dealkylation sites (tertiary alicyclic amines) is 1. The fourth-order valence-corrected chi connectivity index (χ4v) is 4.12. The summed E-state index contributed by atoms with van der Waals surface area (Å²) < 4.78 is 0. The van der Waals surface area contributed by atoms with Crippen molar-refractivity contribution in [2.45, 2.75) is 25.7 Å². The van der Waals surface area contributed by atoms with Crippen LogP contribution in [0, 0.1) is 5.92 Å². The van der Waals surface area contributed by atoms with E-state index in [1.54, 1.807) is 18.3 Å². The largest absolute Gasteiger partial charge is 0.508 e. The molecular weight excluding hydrogens is 354 g/mol. The van der Waals surface area contributed by atoms with Crippen molar-refractivity contribution in [2.24, 2.45) is 5.92 Å². The van der Waals surface area contributed by atoms with E-state index in [1.807, 2.05) is 17.0 Å². The van der Waals surface area contributed by atoms with Crippen molar-refractivity contribution in [3.05, 3.63) is 53.7 Å². The Kier molecular flexibility index (Phi) is 5.28. The van der Waals surface area contributed by atoms with Gasteiger partial charge in [-0.3, -0.25) is 9.59 Å². The van der Waals surface area contributed by atoms with Crippen LogP contribution in [0.25, 0.3) is 0 Å². The normalized spacial score (nSPS) is 17.7. The zero-order valence-electron chi connectivity index (χ0n) is 15.9. The maximum Gasteiger partial charge on any atom is 0.257 e. The minimum absolute atomic E-state index is 0.00512. The molecule has 1 aromatic heterocycles. The summed E-state index contributed by atoms with van der Waals surface area (Å²) in [7, 11) is 0. The molecule has 2 aromatic rings. The number of rotatable bonds is 4. The summed E-state index contributed by atoms with van der Waals surface area (Å²) in [6, 6.07) is 10.1. The Morgan fingerprint density at radius 2 is 1.64 bits per heavy atom. The Morgan fingerprint density at radius 1 is 0.964 bits per heavy atom. The smallest absolute Gasteiger partial charge is 0.257 e. The Morgan fingerprint density at radius 3 is 2.32 bits per heavy atom. The fourth-order valence-electron chi connectivity index (χ4n) is 4.12. The Labute approximate surface area is 164 Å². The Hall–Kier alpha value is -2.89. The van der Waals surface area contributed by atoms with Gasteiger partial charge in [0.15, 0.2) is 5.78 Å². The molecule has 0 radical (unpaired) electrons. The predicted molar refractivity (Wildman–Crippen MR) is 107 cm³/mol. The van der Waals surface area contributed by atoms with Crippen molar-refractivity contribution in [1.82, 2.24) is 9.88 Å². The molecular formula is C22H25N3O3. The van der Waals surface area contributed by atoms with E-state index in [0.29, 0.717) is 37.1 Å². The molecule has 2 aliphatic rings. The number of ketones is 1. The number of carbonyl (C=O) groups excluding carboxylic acids is 2. The van der Waals surface area contributed by atoms with Gasteiger partial charge in [-0.25, -0.2) is 4.98 Å². The van der Waals surface area contributed by atoms with Crippen LogP contribution in [0.1, 0.15) is 46.4 Å². The average molecular weight is 379 g/mol. The molecule has 0 saturated carbocycles. The molecule has 3 heterocycles. The molecule has 6 nitrogen and oxygen atoms in total. The number of carbonyl (C=O) groups is 2. The van der Waals surface area contributed by atoms with E-state index in [0.717, 1.165) is 31.7 Å². The number of anilines is 1. The van der Waals surface area contributed by atoms with E-state index < -0.39 is 0 Å². The first-order chi connectivity index (χ1) is 13.6. The first kappa shape index (κ1) is 18.5. The highest BCUT2D eigenvalue weighted by molar-refractivity contribution is 6.00. The maximum atomic E-state index is 13.1. The van der Waals surface area contributed by atoms with Crippen molar-refractivity contribution in [3.8, 4) is 5.75 Å².